The van der Waals surface area contributed by atoms with Crippen molar-refractivity contribution in [2.45, 2.75) is 44.9 Å². The summed E-state index contributed by atoms with van der Waals surface area (Å²) < 4.78 is 28.1. The van der Waals surface area contributed by atoms with E-state index in [9.17, 15) is 13.6 Å². The first-order valence-electron chi connectivity index (χ1n) is 8.09. The number of rotatable bonds is 5. The fourth-order valence-corrected chi connectivity index (χ4v) is 3.41. The zero-order chi connectivity index (χ0) is 17.5. The van der Waals surface area contributed by atoms with E-state index in [1.165, 1.54) is 18.2 Å². The maximum atomic E-state index is 14.0. The number of halogens is 2. The second kappa shape index (κ2) is 6.00. The van der Waals surface area contributed by atoms with Gasteiger partial charge in [-0.3, -0.25) is 9.89 Å². The Kier molecular flexibility index (Phi) is 4.15. The van der Waals surface area contributed by atoms with Crippen molar-refractivity contribution in [3.63, 3.8) is 0 Å². The van der Waals surface area contributed by atoms with Gasteiger partial charge < -0.3 is 5.32 Å². The van der Waals surface area contributed by atoms with Crippen molar-refractivity contribution in [3.8, 4) is 0 Å². The quantitative estimate of drug-likeness (QED) is 0.882. The van der Waals surface area contributed by atoms with Gasteiger partial charge in [-0.15, -0.1) is 0 Å². The minimum Gasteiger partial charge on any atom is -0.355 e. The monoisotopic (exact) mass is 333 g/mol. The molecule has 1 heterocycles. The molecule has 3 rings (SSSR count). The number of aromatic nitrogens is 2. The third kappa shape index (κ3) is 2.81. The van der Waals surface area contributed by atoms with Gasteiger partial charge in [0.1, 0.15) is 11.6 Å². The molecule has 1 aliphatic carbocycles. The number of nitrogens with zero attached hydrogens (tertiary/aromatic N) is 1. The molecule has 4 nitrogen and oxygen atoms in total. The lowest BCUT2D eigenvalue weighted by molar-refractivity contribution is -0.122. The summed E-state index contributed by atoms with van der Waals surface area (Å²) in [6, 6.07) is 3.89. The van der Waals surface area contributed by atoms with E-state index >= 15 is 0 Å². The third-order valence-corrected chi connectivity index (χ3v) is 4.96. The molecule has 128 valence electrons. The molecular formula is C18H21F2N3O. The summed E-state index contributed by atoms with van der Waals surface area (Å²) in [5, 5.41) is 9.84. The van der Waals surface area contributed by atoms with Crippen LogP contribution in [0.1, 0.15) is 48.2 Å². The molecule has 1 aliphatic rings. The Labute approximate surface area is 139 Å². The highest BCUT2D eigenvalue weighted by atomic mass is 19.1. The highest BCUT2D eigenvalue weighted by Gasteiger charge is 2.48. The molecule has 0 bridgehead atoms. The van der Waals surface area contributed by atoms with E-state index in [-0.39, 0.29) is 23.9 Å². The van der Waals surface area contributed by atoms with Crippen LogP contribution in [-0.4, -0.2) is 22.6 Å². The van der Waals surface area contributed by atoms with Gasteiger partial charge in [-0.2, -0.15) is 5.10 Å². The van der Waals surface area contributed by atoms with Gasteiger partial charge >= 0.3 is 0 Å². The lowest BCUT2D eigenvalue weighted by atomic mass is 9.93. The van der Waals surface area contributed by atoms with Crippen LogP contribution in [0.25, 0.3) is 0 Å². The maximum Gasteiger partial charge on any atom is 0.227 e. The Morgan fingerprint density at radius 1 is 1.33 bits per heavy atom. The van der Waals surface area contributed by atoms with Crippen LogP contribution in [0, 0.1) is 25.5 Å². The maximum absolute atomic E-state index is 14.0. The Balaban J connectivity index is 1.73. The van der Waals surface area contributed by atoms with Crippen molar-refractivity contribution in [1.82, 2.24) is 15.5 Å². The second-order valence-electron chi connectivity index (χ2n) is 6.66. The average molecular weight is 333 g/mol. The van der Waals surface area contributed by atoms with Crippen LogP contribution >= 0.6 is 0 Å². The van der Waals surface area contributed by atoms with E-state index in [0.717, 1.165) is 17.0 Å². The van der Waals surface area contributed by atoms with Gasteiger partial charge in [-0.25, -0.2) is 8.78 Å². The number of hydrogen-bond donors (Lipinski definition) is 2. The number of carbonyl (C=O) groups is 1. The van der Waals surface area contributed by atoms with Crippen LogP contribution in [0.3, 0.4) is 0 Å². The Morgan fingerprint density at radius 2 is 1.96 bits per heavy atom. The molecule has 0 aliphatic heterocycles. The topological polar surface area (TPSA) is 57.8 Å². The second-order valence-corrected chi connectivity index (χ2v) is 6.66. The van der Waals surface area contributed by atoms with Crippen LogP contribution in [0.4, 0.5) is 8.78 Å². The van der Waals surface area contributed by atoms with Crippen LogP contribution in [0.5, 0.6) is 0 Å². The number of nitrogens with one attached hydrogen (secondary N) is 2. The highest BCUT2D eigenvalue weighted by molar-refractivity contribution is 5.84. The number of aryl methyl sites for hydroxylation is 2. The Hall–Kier alpha value is -2.24. The van der Waals surface area contributed by atoms with E-state index in [1.807, 2.05) is 20.8 Å². The van der Waals surface area contributed by atoms with Crippen molar-refractivity contribution in [2.24, 2.45) is 0 Å². The number of H-pyrrole nitrogens is 1. The molecule has 1 aromatic carbocycles. The van der Waals surface area contributed by atoms with E-state index in [4.69, 9.17) is 0 Å². The van der Waals surface area contributed by atoms with Crippen molar-refractivity contribution in [3.05, 3.63) is 52.3 Å². The van der Waals surface area contributed by atoms with Crippen LogP contribution in [0.2, 0.25) is 0 Å². The van der Waals surface area contributed by atoms with Crippen molar-refractivity contribution in [1.29, 1.82) is 0 Å². The fraction of sp³-hybridized carbons (Fsp3) is 0.444. The lowest BCUT2D eigenvalue weighted by Gasteiger charge is -2.20. The zero-order valence-corrected chi connectivity index (χ0v) is 14.0. The molecule has 1 aromatic heterocycles. The van der Waals surface area contributed by atoms with E-state index in [0.29, 0.717) is 12.8 Å². The Bertz CT molecular complexity index is 741. The third-order valence-electron chi connectivity index (χ3n) is 4.96. The SMILES string of the molecule is Cc1n[nH]c(C)c1[C@@H](C)C(=O)NCC1(c2c(F)cccc2F)CC1. The summed E-state index contributed by atoms with van der Waals surface area (Å²) in [4.78, 5) is 12.5. The molecular weight excluding hydrogens is 312 g/mol. The molecule has 1 atom stereocenters. The molecule has 1 fully saturated rings. The molecule has 1 saturated carbocycles. The van der Waals surface area contributed by atoms with Gasteiger partial charge in [0.25, 0.3) is 0 Å². The normalized spacial score (nSPS) is 16.7. The zero-order valence-electron chi connectivity index (χ0n) is 14.0. The smallest absolute Gasteiger partial charge is 0.227 e. The molecule has 0 radical (unpaired) electrons. The van der Waals surface area contributed by atoms with Gasteiger partial charge in [-0.05, 0) is 45.7 Å². The molecule has 2 aromatic rings. The van der Waals surface area contributed by atoms with Gasteiger partial charge in [0.05, 0.1) is 11.6 Å². The molecule has 0 unspecified atom stereocenters. The Morgan fingerprint density at radius 3 is 2.46 bits per heavy atom. The standard InChI is InChI=1S/C18H21F2N3O/c1-10(15-11(2)22-23-12(15)3)17(24)21-9-18(7-8-18)16-13(19)5-4-6-14(16)20/h4-6,10H,7-9H2,1-3H3,(H,21,24)(H,22,23)/t10-/m1/s1. The largest absolute Gasteiger partial charge is 0.355 e. The predicted molar refractivity (Wildman–Crippen MR) is 86.8 cm³/mol. The average Bonchev–Trinajstić information content (AvgIpc) is 3.23. The number of amides is 1. The minimum atomic E-state index is -0.620. The summed E-state index contributed by atoms with van der Waals surface area (Å²) in [6.07, 6.45) is 1.34. The summed E-state index contributed by atoms with van der Waals surface area (Å²) >= 11 is 0. The minimum absolute atomic E-state index is 0.0913. The van der Waals surface area contributed by atoms with Gasteiger partial charge in [0, 0.05) is 28.8 Å². The first-order valence-corrected chi connectivity index (χ1v) is 8.09. The first kappa shape index (κ1) is 16.6. The van der Waals surface area contributed by atoms with Crippen molar-refractivity contribution >= 4 is 5.91 Å². The molecule has 0 spiro atoms. The van der Waals surface area contributed by atoms with Crippen LogP contribution in [-0.2, 0) is 10.2 Å². The lowest BCUT2D eigenvalue weighted by Crippen LogP contribution is -2.36. The molecule has 1 amide bonds. The highest BCUT2D eigenvalue weighted by Crippen LogP contribution is 2.49. The summed E-state index contributed by atoms with van der Waals surface area (Å²) in [5.41, 5.74) is 1.99. The number of benzene rings is 1. The van der Waals surface area contributed by atoms with E-state index in [2.05, 4.69) is 15.5 Å². The fourth-order valence-electron chi connectivity index (χ4n) is 3.41. The summed E-state index contributed by atoms with van der Waals surface area (Å²) in [7, 11) is 0. The van der Waals surface area contributed by atoms with Crippen molar-refractivity contribution in [2.75, 3.05) is 6.54 Å². The van der Waals surface area contributed by atoms with Gasteiger partial charge in [-0.1, -0.05) is 6.07 Å². The van der Waals surface area contributed by atoms with Crippen molar-refractivity contribution < 1.29 is 13.6 Å². The van der Waals surface area contributed by atoms with E-state index in [1.54, 1.807) is 0 Å². The predicted octanol–water partition coefficient (Wildman–Crippen LogP) is 3.26. The van der Waals surface area contributed by atoms with Gasteiger partial charge in [0.2, 0.25) is 5.91 Å². The van der Waals surface area contributed by atoms with Gasteiger partial charge in [0.15, 0.2) is 0 Å². The molecule has 6 heteroatoms. The van der Waals surface area contributed by atoms with E-state index < -0.39 is 17.0 Å². The number of hydrogen-bond acceptors (Lipinski definition) is 2. The van der Waals surface area contributed by atoms with Crippen LogP contribution in [0.15, 0.2) is 18.2 Å². The first-order chi connectivity index (χ1) is 11.4. The summed E-state index contributed by atoms with van der Waals surface area (Å²) in [6.45, 7) is 5.77. The summed E-state index contributed by atoms with van der Waals surface area (Å²) in [5.74, 6) is -1.62. The molecule has 0 saturated heterocycles. The molecule has 24 heavy (non-hydrogen) atoms. The number of carbonyl (C=O) groups excluding carboxylic acids is 1. The molecule has 2 N–H and O–H groups in total. The number of aromatic amines is 1. The van der Waals surface area contributed by atoms with Crippen LogP contribution < -0.4 is 5.32 Å².